The normalized spacial score (nSPS) is 19.8. The predicted molar refractivity (Wildman–Crippen MR) is 63.2 cm³/mol. The lowest BCUT2D eigenvalue weighted by Crippen LogP contribution is -2.49. The summed E-state index contributed by atoms with van der Waals surface area (Å²) in [7, 11) is 2.07. The zero-order valence-electron chi connectivity index (χ0n) is 10.3. The average molecular weight is 229 g/mol. The van der Waals surface area contributed by atoms with E-state index in [-0.39, 0.29) is 18.4 Å². The molecule has 0 aromatic carbocycles. The molecule has 5 nitrogen and oxygen atoms in total. The Morgan fingerprint density at radius 2 is 2.00 bits per heavy atom. The molecular formula is C11H23N3O2. The second kappa shape index (κ2) is 6.83. The molecule has 1 unspecified atom stereocenters. The maximum Gasteiger partial charge on any atom is 0.236 e. The lowest BCUT2D eigenvalue weighted by molar-refractivity contribution is -0.131. The highest BCUT2D eigenvalue weighted by Gasteiger charge is 2.18. The molecule has 1 fully saturated rings. The van der Waals surface area contributed by atoms with Gasteiger partial charge in [-0.25, -0.2) is 0 Å². The van der Waals surface area contributed by atoms with E-state index in [1.54, 1.807) is 0 Å². The number of amides is 1. The fraction of sp³-hybridized carbons (Fsp3) is 0.909. The highest BCUT2D eigenvalue weighted by molar-refractivity contribution is 5.78. The SMILES string of the molecule is CC(CO)CNCC(=O)N1CCN(C)CC1. The van der Waals surface area contributed by atoms with Crippen LogP contribution in [0, 0.1) is 5.92 Å². The van der Waals surface area contributed by atoms with Gasteiger partial charge in [-0.3, -0.25) is 4.79 Å². The molecule has 16 heavy (non-hydrogen) atoms. The van der Waals surface area contributed by atoms with Crippen LogP contribution in [0.2, 0.25) is 0 Å². The molecule has 0 spiro atoms. The molecule has 1 amide bonds. The van der Waals surface area contributed by atoms with E-state index in [4.69, 9.17) is 5.11 Å². The molecule has 1 atom stereocenters. The molecule has 1 aliphatic heterocycles. The summed E-state index contributed by atoms with van der Waals surface area (Å²) in [5.41, 5.74) is 0. The molecule has 0 bridgehead atoms. The number of nitrogens with zero attached hydrogens (tertiary/aromatic N) is 2. The molecule has 1 heterocycles. The average Bonchev–Trinajstić information content (AvgIpc) is 2.29. The maximum atomic E-state index is 11.8. The van der Waals surface area contributed by atoms with Crippen LogP contribution in [-0.2, 0) is 4.79 Å². The Morgan fingerprint density at radius 3 is 2.56 bits per heavy atom. The van der Waals surface area contributed by atoms with E-state index in [1.807, 2.05) is 11.8 Å². The van der Waals surface area contributed by atoms with Crippen LogP contribution in [-0.4, -0.2) is 73.7 Å². The monoisotopic (exact) mass is 229 g/mol. The molecule has 1 aliphatic rings. The van der Waals surface area contributed by atoms with Gasteiger partial charge in [-0.15, -0.1) is 0 Å². The molecule has 94 valence electrons. The van der Waals surface area contributed by atoms with Crippen molar-refractivity contribution < 1.29 is 9.90 Å². The summed E-state index contributed by atoms with van der Waals surface area (Å²) in [6.45, 7) is 6.75. The quantitative estimate of drug-likeness (QED) is 0.633. The summed E-state index contributed by atoms with van der Waals surface area (Å²) in [6.07, 6.45) is 0. The third-order valence-electron chi connectivity index (χ3n) is 2.94. The first kappa shape index (κ1) is 13.4. The van der Waals surface area contributed by atoms with Crippen molar-refractivity contribution in [1.29, 1.82) is 0 Å². The van der Waals surface area contributed by atoms with E-state index in [1.165, 1.54) is 0 Å². The number of rotatable bonds is 5. The molecule has 5 heteroatoms. The summed E-state index contributed by atoms with van der Waals surface area (Å²) < 4.78 is 0. The number of carbonyl (C=O) groups is 1. The molecule has 0 aromatic rings. The molecule has 0 aliphatic carbocycles. The van der Waals surface area contributed by atoms with Crippen molar-refractivity contribution in [2.45, 2.75) is 6.92 Å². The largest absolute Gasteiger partial charge is 0.396 e. The first-order valence-corrected chi connectivity index (χ1v) is 5.91. The zero-order chi connectivity index (χ0) is 12.0. The van der Waals surface area contributed by atoms with Crippen LogP contribution in [0.1, 0.15) is 6.92 Å². The molecule has 1 rings (SSSR count). The second-order valence-electron chi connectivity index (χ2n) is 4.60. The van der Waals surface area contributed by atoms with Gasteiger partial charge in [0.25, 0.3) is 0 Å². The minimum absolute atomic E-state index is 0.162. The minimum Gasteiger partial charge on any atom is -0.396 e. The van der Waals surface area contributed by atoms with Crippen molar-refractivity contribution in [3.8, 4) is 0 Å². The van der Waals surface area contributed by atoms with E-state index in [0.717, 1.165) is 26.2 Å². The Balaban J connectivity index is 2.15. The molecule has 0 saturated carbocycles. The third kappa shape index (κ3) is 4.47. The van der Waals surface area contributed by atoms with Crippen LogP contribution in [0.4, 0.5) is 0 Å². The number of aliphatic hydroxyl groups is 1. The Labute approximate surface area is 97.4 Å². The van der Waals surface area contributed by atoms with E-state index in [0.29, 0.717) is 13.1 Å². The van der Waals surface area contributed by atoms with Gasteiger partial charge >= 0.3 is 0 Å². The van der Waals surface area contributed by atoms with Crippen molar-refractivity contribution in [2.24, 2.45) is 5.92 Å². The van der Waals surface area contributed by atoms with Gasteiger partial charge in [0.05, 0.1) is 6.54 Å². The summed E-state index contributed by atoms with van der Waals surface area (Å²) in [6, 6.07) is 0. The molecule has 0 radical (unpaired) electrons. The highest BCUT2D eigenvalue weighted by atomic mass is 16.3. The Hall–Kier alpha value is -0.650. The summed E-state index contributed by atoms with van der Waals surface area (Å²) in [4.78, 5) is 15.9. The van der Waals surface area contributed by atoms with Crippen molar-refractivity contribution in [1.82, 2.24) is 15.1 Å². The number of aliphatic hydroxyl groups excluding tert-OH is 1. The van der Waals surface area contributed by atoms with Gasteiger partial charge < -0.3 is 20.2 Å². The van der Waals surface area contributed by atoms with Gasteiger partial charge in [-0.2, -0.15) is 0 Å². The Kier molecular flexibility index (Phi) is 5.73. The third-order valence-corrected chi connectivity index (χ3v) is 2.94. The van der Waals surface area contributed by atoms with Gasteiger partial charge in [-0.05, 0) is 13.0 Å². The van der Waals surface area contributed by atoms with Crippen LogP contribution < -0.4 is 5.32 Å². The standard InChI is InChI=1S/C11H23N3O2/c1-10(9-15)7-12-8-11(16)14-5-3-13(2)4-6-14/h10,12,15H,3-9H2,1-2H3. The molecule has 2 N–H and O–H groups in total. The van der Waals surface area contributed by atoms with Gasteiger partial charge in [0, 0.05) is 39.3 Å². The first-order valence-electron chi connectivity index (χ1n) is 5.91. The number of hydrogen-bond donors (Lipinski definition) is 2. The van der Waals surface area contributed by atoms with Crippen molar-refractivity contribution in [3.05, 3.63) is 0 Å². The van der Waals surface area contributed by atoms with Gasteiger partial charge in [-0.1, -0.05) is 6.92 Å². The summed E-state index contributed by atoms with van der Waals surface area (Å²) in [5, 5.41) is 11.9. The van der Waals surface area contributed by atoms with E-state index >= 15 is 0 Å². The van der Waals surface area contributed by atoms with Gasteiger partial charge in [0.2, 0.25) is 5.91 Å². The minimum atomic E-state index is 0.162. The maximum absolute atomic E-state index is 11.8. The lowest BCUT2D eigenvalue weighted by Gasteiger charge is -2.32. The number of hydrogen-bond acceptors (Lipinski definition) is 4. The van der Waals surface area contributed by atoms with Crippen LogP contribution in [0.5, 0.6) is 0 Å². The van der Waals surface area contributed by atoms with E-state index < -0.39 is 0 Å². The number of nitrogens with one attached hydrogen (secondary N) is 1. The van der Waals surface area contributed by atoms with Crippen molar-refractivity contribution in [2.75, 3.05) is 52.9 Å². The topological polar surface area (TPSA) is 55.8 Å². The summed E-state index contributed by atoms with van der Waals surface area (Å²) in [5.74, 6) is 0.374. The predicted octanol–water partition coefficient (Wildman–Crippen LogP) is -1.02. The van der Waals surface area contributed by atoms with Crippen molar-refractivity contribution in [3.63, 3.8) is 0 Å². The van der Waals surface area contributed by atoms with Crippen molar-refractivity contribution >= 4 is 5.91 Å². The molecular weight excluding hydrogens is 206 g/mol. The highest BCUT2D eigenvalue weighted by Crippen LogP contribution is 1.99. The number of likely N-dealkylation sites (N-methyl/N-ethyl adjacent to an activating group) is 1. The van der Waals surface area contributed by atoms with Gasteiger partial charge in [0.1, 0.15) is 0 Å². The number of carbonyl (C=O) groups excluding carboxylic acids is 1. The fourth-order valence-electron chi connectivity index (χ4n) is 1.66. The first-order chi connectivity index (χ1) is 7.63. The van der Waals surface area contributed by atoms with Crippen LogP contribution in [0.25, 0.3) is 0 Å². The lowest BCUT2D eigenvalue weighted by atomic mass is 10.2. The van der Waals surface area contributed by atoms with Crippen LogP contribution in [0.15, 0.2) is 0 Å². The Bertz CT molecular complexity index is 215. The zero-order valence-corrected chi connectivity index (χ0v) is 10.3. The van der Waals surface area contributed by atoms with E-state index in [2.05, 4.69) is 17.3 Å². The molecule has 1 saturated heterocycles. The van der Waals surface area contributed by atoms with Crippen LogP contribution >= 0.6 is 0 Å². The fourth-order valence-corrected chi connectivity index (χ4v) is 1.66. The van der Waals surface area contributed by atoms with E-state index in [9.17, 15) is 4.79 Å². The molecule has 0 aromatic heterocycles. The number of piperazine rings is 1. The van der Waals surface area contributed by atoms with Gasteiger partial charge in [0.15, 0.2) is 0 Å². The second-order valence-corrected chi connectivity index (χ2v) is 4.60. The van der Waals surface area contributed by atoms with Crippen LogP contribution in [0.3, 0.4) is 0 Å². The summed E-state index contributed by atoms with van der Waals surface area (Å²) >= 11 is 0. The Morgan fingerprint density at radius 1 is 1.38 bits per heavy atom. The smallest absolute Gasteiger partial charge is 0.236 e.